The largest absolute Gasteiger partial charge is 0.466 e. The lowest BCUT2D eigenvalue weighted by molar-refractivity contribution is -0.151. The van der Waals surface area contributed by atoms with Gasteiger partial charge in [-0.15, -0.1) is 0 Å². The fourth-order valence-electron chi connectivity index (χ4n) is 2.23. The maximum atomic E-state index is 11.5. The summed E-state index contributed by atoms with van der Waals surface area (Å²) in [6.07, 6.45) is 2.57. The van der Waals surface area contributed by atoms with Crippen LogP contribution >= 0.6 is 0 Å². The first kappa shape index (κ1) is 14.4. The number of carbonyl (C=O) groups excluding carboxylic acids is 1. The van der Waals surface area contributed by atoms with Crippen molar-refractivity contribution in [1.29, 1.82) is 0 Å². The molecular formula is C12H23NO4. The zero-order valence-corrected chi connectivity index (χ0v) is 10.4. The summed E-state index contributed by atoms with van der Waals surface area (Å²) in [5.41, 5.74) is -0.738. The van der Waals surface area contributed by atoms with Gasteiger partial charge in [-0.1, -0.05) is 0 Å². The summed E-state index contributed by atoms with van der Waals surface area (Å²) in [5.74, 6) is -0.203. The summed E-state index contributed by atoms with van der Waals surface area (Å²) in [5, 5.41) is 21.9. The summed E-state index contributed by atoms with van der Waals surface area (Å²) in [6, 6.07) is 0. The Morgan fingerprint density at radius 2 is 2.12 bits per heavy atom. The van der Waals surface area contributed by atoms with E-state index in [1.165, 1.54) is 0 Å². The van der Waals surface area contributed by atoms with Gasteiger partial charge in [-0.3, -0.25) is 4.79 Å². The van der Waals surface area contributed by atoms with Crippen LogP contribution in [0.25, 0.3) is 0 Å². The molecule has 5 nitrogen and oxygen atoms in total. The molecule has 0 unspecified atom stereocenters. The minimum atomic E-state index is -0.738. The topological polar surface area (TPSA) is 78.8 Å². The normalized spacial score (nSPS) is 29.0. The number of ether oxygens (including phenoxy) is 1. The molecule has 0 heterocycles. The van der Waals surface area contributed by atoms with Crippen molar-refractivity contribution in [3.63, 3.8) is 0 Å². The quantitative estimate of drug-likeness (QED) is 0.455. The molecule has 0 radical (unpaired) electrons. The molecule has 0 spiro atoms. The van der Waals surface area contributed by atoms with Crippen LogP contribution in [0, 0.1) is 5.92 Å². The van der Waals surface area contributed by atoms with Crippen molar-refractivity contribution in [2.45, 2.75) is 38.2 Å². The standard InChI is InChI=1S/C12H23NO4/c1-2-17-11(15)10-3-5-12(16,6-4-10)9-13-7-8-14/h10,13-14,16H,2-9H2,1H3. The van der Waals surface area contributed by atoms with E-state index in [-0.39, 0.29) is 18.5 Å². The lowest BCUT2D eigenvalue weighted by Crippen LogP contribution is -2.45. The highest BCUT2D eigenvalue weighted by Crippen LogP contribution is 2.32. The van der Waals surface area contributed by atoms with Crippen LogP contribution in [-0.4, -0.2) is 48.1 Å². The average Bonchev–Trinajstić information content (AvgIpc) is 2.30. The number of carbonyl (C=O) groups is 1. The zero-order chi connectivity index (χ0) is 12.7. The van der Waals surface area contributed by atoms with Crippen molar-refractivity contribution >= 4 is 5.97 Å². The molecule has 1 aliphatic carbocycles. The minimum Gasteiger partial charge on any atom is -0.466 e. The molecule has 0 aliphatic heterocycles. The van der Waals surface area contributed by atoms with E-state index in [1.807, 2.05) is 0 Å². The maximum absolute atomic E-state index is 11.5. The number of aliphatic hydroxyl groups excluding tert-OH is 1. The number of aliphatic hydroxyl groups is 2. The molecule has 0 atom stereocenters. The van der Waals surface area contributed by atoms with Gasteiger partial charge in [-0.2, -0.15) is 0 Å². The zero-order valence-electron chi connectivity index (χ0n) is 10.4. The molecule has 0 aromatic heterocycles. The third-order valence-electron chi connectivity index (χ3n) is 3.28. The van der Waals surface area contributed by atoms with E-state index in [9.17, 15) is 9.90 Å². The summed E-state index contributed by atoms with van der Waals surface area (Å²) in [7, 11) is 0. The summed E-state index contributed by atoms with van der Waals surface area (Å²) in [4.78, 5) is 11.5. The molecule has 1 fully saturated rings. The number of hydrogen-bond donors (Lipinski definition) is 3. The van der Waals surface area contributed by atoms with Crippen LogP contribution in [-0.2, 0) is 9.53 Å². The Labute approximate surface area is 102 Å². The number of esters is 1. The van der Waals surface area contributed by atoms with E-state index in [4.69, 9.17) is 9.84 Å². The van der Waals surface area contributed by atoms with E-state index in [1.54, 1.807) is 6.92 Å². The highest BCUT2D eigenvalue weighted by Gasteiger charge is 2.35. The van der Waals surface area contributed by atoms with Gasteiger partial charge in [0, 0.05) is 13.1 Å². The van der Waals surface area contributed by atoms with E-state index in [0.29, 0.717) is 45.4 Å². The molecule has 0 saturated heterocycles. The Hall–Kier alpha value is -0.650. The van der Waals surface area contributed by atoms with Crippen molar-refractivity contribution in [3.8, 4) is 0 Å². The second-order valence-electron chi connectivity index (χ2n) is 4.65. The monoisotopic (exact) mass is 245 g/mol. The van der Waals surface area contributed by atoms with Crippen LogP contribution in [0.3, 0.4) is 0 Å². The van der Waals surface area contributed by atoms with Gasteiger partial charge in [0.2, 0.25) is 0 Å². The van der Waals surface area contributed by atoms with Crippen molar-refractivity contribution in [1.82, 2.24) is 5.32 Å². The van der Waals surface area contributed by atoms with Crippen molar-refractivity contribution in [2.75, 3.05) is 26.3 Å². The highest BCUT2D eigenvalue weighted by molar-refractivity contribution is 5.72. The number of nitrogens with one attached hydrogen (secondary N) is 1. The molecule has 0 aromatic carbocycles. The molecule has 0 aromatic rings. The van der Waals surface area contributed by atoms with Gasteiger partial charge in [-0.05, 0) is 32.6 Å². The molecule has 1 aliphatic rings. The Balaban J connectivity index is 2.31. The third-order valence-corrected chi connectivity index (χ3v) is 3.28. The van der Waals surface area contributed by atoms with E-state index in [2.05, 4.69) is 5.32 Å². The lowest BCUT2D eigenvalue weighted by atomic mass is 9.79. The van der Waals surface area contributed by atoms with Crippen LogP contribution < -0.4 is 5.32 Å². The van der Waals surface area contributed by atoms with Gasteiger partial charge in [0.1, 0.15) is 0 Å². The average molecular weight is 245 g/mol. The predicted molar refractivity (Wildman–Crippen MR) is 63.5 cm³/mol. The van der Waals surface area contributed by atoms with Crippen molar-refractivity contribution in [3.05, 3.63) is 0 Å². The molecule has 1 rings (SSSR count). The molecular weight excluding hydrogens is 222 g/mol. The first-order valence-corrected chi connectivity index (χ1v) is 6.32. The van der Waals surface area contributed by atoms with Crippen LogP contribution in [0.2, 0.25) is 0 Å². The Bertz CT molecular complexity index is 237. The van der Waals surface area contributed by atoms with Crippen molar-refractivity contribution in [2.24, 2.45) is 5.92 Å². The maximum Gasteiger partial charge on any atom is 0.308 e. The van der Waals surface area contributed by atoms with Crippen LogP contribution in [0.5, 0.6) is 0 Å². The van der Waals surface area contributed by atoms with Gasteiger partial charge < -0.3 is 20.3 Å². The molecule has 0 amide bonds. The number of hydrogen-bond acceptors (Lipinski definition) is 5. The molecule has 1 saturated carbocycles. The molecule has 3 N–H and O–H groups in total. The Morgan fingerprint density at radius 3 is 2.65 bits per heavy atom. The molecule has 100 valence electrons. The smallest absolute Gasteiger partial charge is 0.308 e. The highest BCUT2D eigenvalue weighted by atomic mass is 16.5. The van der Waals surface area contributed by atoms with Gasteiger partial charge in [-0.25, -0.2) is 0 Å². The second kappa shape index (κ2) is 6.93. The lowest BCUT2D eigenvalue weighted by Gasteiger charge is -2.35. The van der Waals surface area contributed by atoms with E-state index >= 15 is 0 Å². The first-order valence-electron chi connectivity index (χ1n) is 6.32. The summed E-state index contributed by atoms with van der Waals surface area (Å²) >= 11 is 0. The molecule has 17 heavy (non-hydrogen) atoms. The van der Waals surface area contributed by atoms with E-state index in [0.717, 1.165) is 0 Å². The first-order chi connectivity index (χ1) is 8.11. The van der Waals surface area contributed by atoms with Gasteiger partial charge in [0.25, 0.3) is 0 Å². The number of rotatable bonds is 6. The fraction of sp³-hybridized carbons (Fsp3) is 0.917. The van der Waals surface area contributed by atoms with Crippen LogP contribution in [0.15, 0.2) is 0 Å². The van der Waals surface area contributed by atoms with Crippen LogP contribution in [0.4, 0.5) is 0 Å². The minimum absolute atomic E-state index is 0.0620. The second-order valence-corrected chi connectivity index (χ2v) is 4.65. The SMILES string of the molecule is CCOC(=O)C1CCC(O)(CNCCO)CC1. The summed E-state index contributed by atoms with van der Waals surface area (Å²) < 4.78 is 4.98. The van der Waals surface area contributed by atoms with E-state index < -0.39 is 5.60 Å². The van der Waals surface area contributed by atoms with Gasteiger partial charge >= 0.3 is 5.97 Å². The predicted octanol–water partition coefficient (Wildman–Crippen LogP) is 0.0527. The molecule has 0 bridgehead atoms. The van der Waals surface area contributed by atoms with Gasteiger partial charge in [0.15, 0.2) is 0 Å². The Kier molecular flexibility index (Phi) is 5.88. The van der Waals surface area contributed by atoms with Gasteiger partial charge in [0.05, 0.1) is 24.7 Å². The molecule has 5 heteroatoms. The summed E-state index contributed by atoms with van der Waals surface area (Å²) in [6.45, 7) is 3.25. The van der Waals surface area contributed by atoms with Crippen LogP contribution in [0.1, 0.15) is 32.6 Å². The van der Waals surface area contributed by atoms with Crippen molar-refractivity contribution < 1.29 is 19.7 Å². The fourth-order valence-corrected chi connectivity index (χ4v) is 2.23. The third kappa shape index (κ3) is 4.61. The Morgan fingerprint density at radius 1 is 1.47 bits per heavy atom.